The van der Waals surface area contributed by atoms with Gasteiger partial charge in [-0.1, -0.05) is 77.3 Å². The summed E-state index contributed by atoms with van der Waals surface area (Å²) in [6.07, 6.45) is -0.468. The van der Waals surface area contributed by atoms with Gasteiger partial charge in [0, 0.05) is 34.3 Å². The summed E-state index contributed by atoms with van der Waals surface area (Å²) in [6, 6.07) is 19.0. The third-order valence-corrected chi connectivity index (χ3v) is 7.45. The number of nitrogens with zero attached hydrogens (tertiary/aromatic N) is 2. The molecule has 2 N–H and O–H groups in total. The molecule has 10 heteroatoms. The van der Waals surface area contributed by atoms with Gasteiger partial charge in [-0.25, -0.2) is 5.01 Å². The highest BCUT2D eigenvalue weighted by Gasteiger charge is 2.36. The Hall–Kier alpha value is -3.65. The molecule has 1 aliphatic rings. The van der Waals surface area contributed by atoms with E-state index < -0.39 is 17.9 Å². The van der Waals surface area contributed by atoms with Crippen LogP contribution in [0.2, 0.25) is 15.1 Å². The first kappa shape index (κ1) is 26.0. The number of carboxylic acids is 1. The van der Waals surface area contributed by atoms with E-state index in [1.54, 1.807) is 36.4 Å². The second-order valence-corrected chi connectivity index (χ2v) is 10.0. The number of nitrogens with one attached hydrogen (secondary N) is 1. The van der Waals surface area contributed by atoms with Gasteiger partial charge >= 0.3 is 5.97 Å². The smallest absolute Gasteiger partial charge is 0.303 e. The van der Waals surface area contributed by atoms with Gasteiger partial charge < -0.3 is 10.1 Å². The summed E-state index contributed by atoms with van der Waals surface area (Å²) in [4.78, 5) is 40.8. The van der Waals surface area contributed by atoms with E-state index in [1.807, 2.05) is 30.3 Å². The van der Waals surface area contributed by atoms with Gasteiger partial charge in [0.15, 0.2) is 0 Å². The average molecular weight is 569 g/mol. The molecule has 0 bridgehead atoms. The maximum Gasteiger partial charge on any atom is 0.303 e. The second-order valence-electron chi connectivity index (χ2n) is 8.80. The molecule has 0 radical (unpaired) electrons. The number of halogens is 3. The fraction of sp³-hybridized carbons (Fsp3) is 0.143. The quantitative estimate of drug-likeness (QED) is 0.270. The maximum absolute atomic E-state index is 13.6. The van der Waals surface area contributed by atoms with Gasteiger partial charge in [-0.05, 0) is 35.4 Å². The first-order valence-corrected chi connectivity index (χ1v) is 12.8. The summed E-state index contributed by atoms with van der Waals surface area (Å²) in [6.45, 7) is 0. The van der Waals surface area contributed by atoms with Crippen molar-refractivity contribution in [2.24, 2.45) is 5.10 Å². The van der Waals surface area contributed by atoms with Crippen molar-refractivity contribution in [3.05, 3.63) is 103 Å². The number of carbonyl (C=O) groups excluding carboxylic acids is 1. The monoisotopic (exact) mass is 567 g/mol. The van der Waals surface area contributed by atoms with E-state index in [2.05, 4.69) is 10.1 Å². The van der Waals surface area contributed by atoms with Crippen LogP contribution in [0.5, 0.6) is 0 Å². The Morgan fingerprint density at radius 3 is 2.47 bits per heavy atom. The van der Waals surface area contributed by atoms with Crippen LogP contribution in [0.1, 0.15) is 36.4 Å². The van der Waals surface area contributed by atoms with Crippen molar-refractivity contribution in [3.63, 3.8) is 0 Å². The Bertz CT molecular complexity index is 1670. The van der Waals surface area contributed by atoms with Gasteiger partial charge in [0.25, 0.3) is 5.56 Å². The number of H-pyrrole nitrogens is 1. The number of hydrogen-bond donors (Lipinski definition) is 2. The number of carbonyl (C=O) groups is 2. The zero-order valence-corrected chi connectivity index (χ0v) is 22.0. The molecule has 0 unspecified atom stereocenters. The maximum atomic E-state index is 13.6. The summed E-state index contributed by atoms with van der Waals surface area (Å²) < 4.78 is 0. The Morgan fingerprint density at radius 2 is 1.74 bits per heavy atom. The molecule has 1 aliphatic heterocycles. The standard InChI is InChI=1S/C28H20Cl3N3O4/c29-16-9-10-20-18(13-16)25(15-5-2-1-3-6-15)26(28(38)32-20)21-14-22(17-7-4-8-19(30)27(17)31)34(33-21)23(35)11-12-24(36)37/h1-10,13,22H,11-12,14H2,(H,32,38)(H,36,37)/t22-/m0/s1. The minimum Gasteiger partial charge on any atom is -0.481 e. The number of aromatic nitrogens is 1. The highest BCUT2D eigenvalue weighted by Crippen LogP contribution is 2.41. The second kappa shape index (κ2) is 10.6. The number of aromatic amines is 1. The Labute approximate surface area is 232 Å². The Balaban J connectivity index is 1.72. The van der Waals surface area contributed by atoms with Crippen LogP contribution in [0.15, 0.2) is 76.6 Å². The number of fused-ring (bicyclic) bond motifs is 1. The van der Waals surface area contributed by atoms with Crippen LogP contribution in [0.3, 0.4) is 0 Å². The molecular weight excluding hydrogens is 549 g/mol. The topological polar surface area (TPSA) is 103 Å². The Morgan fingerprint density at radius 1 is 0.974 bits per heavy atom. The van der Waals surface area contributed by atoms with Gasteiger partial charge in [0.2, 0.25) is 5.91 Å². The van der Waals surface area contributed by atoms with Crippen molar-refractivity contribution in [2.75, 3.05) is 0 Å². The van der Waals surface area contributed by atoms with E-state index in [0.29, 0.717) is 43.4 Å². The zero-order valence-electron chi connectivity index (χ0n) is 19.7. The van der Waals surface area contributed by atoms with Crippen LogP contribution in [0.4, 0.5) is 0 Å². The van der Waals surface area contributed by atoms with Crippen molar-refractivity contribution in [1.29, 1.82) is 0 Å². The van der Waals surface area contributed by atoms with Crippen molar-refractivity contribution < 1.29 is 14.7 Å². The lowest BCUT2D eigenvalue weighted by Crippen LogP contribution is -2.27. The van der Waals surface area contributed by atoms with Crippen LogP contribution in [-0.4, -0.2) is 32.7 Å². The molecule has 3 aromatic carbocycles. The minimum atomic E-state index is -1.10. The van der Waals surface area contributed by atoms with Crippen molar-refractivity contribution >= 4 is 63.3 Å². The number of hydrazone groups is 1. The molecule has 2 heterocycles. The van der Waals surface area contributed by atoms with E-state index in [-0.39, 0.29) is 29.8 Å². The Kier molecular flexibility index (Phi) is 7.25. The van der Waals surface area contributed by atoms with Crippen molar-refractivity contribution in [1.82, 2.24) is 9.99 Å². The first-order valence-electron chi connectivity index (χ1n) is 11.7. The molecule has 0 saturated carbocycles. The fourth-order valence-electron chi connectivity index (χ4n) is 4.69. The predicted molar refractivity (Wildman–Crippen MR) is 149 cm³/mol. The number of pyridine rings is 1. The molecule has 0 aliphatic carbocycles. The van der Waals surface area contributed by atoms with Crippen LogP contribution in [-0.2, 0) is 9.59 Å². The molecule has 38 heavy (non-hydrogen) atoms. The summed E-state index contributed by atoms with van der Waals surface area (Å²) in [5, 5.41) is 16.7. The molecular formula is C28H20Cl3N3O4. The van der Waals surface area contributed by atoms with Gasteiger partial charge in [-0.2, -0.15) is 5.10 Å². The highest BCUT2D eigenvalue weighted by molar-refractivity contribution is 6.42. The average Bonchev–Trinajstić information content (AvgIpc) is 3.33. The zero-order chi connectivity index (χ0) is 27.0. The number of hydrogen-bond acceptors (Lipinski definition) is 4. The van der Waals surface area contributed by atoms with E-state index in [1.165, 1.54) is 5.01 Å². The third kappa shape index (κ3) is 4.92. The molecule has 0 fully saturated rings. The number of rotatable bonds is 6. The number of aliphatic carboxylic acids is 1. The molecule has 1 atom stereocenters. The van der Waals surface area contributed by atoms with Gasteiger partial charge in [-0.15, -0.1) is 0 Å². The predicted octanol–water partition coefficient (Wildman–Crippen LogP) is 6.70. The third-order valence-electron chi connectivity index (χ3n) is 6.39. The number of amides is 1. The number of carboxylic acid groups (broad SMARTS) is 1. The van der Waals surface area contributed by atoms with E-state index in [0.717, 1.165) is 5.56 Å². The fourth-order valence-corrected chi connectivity index (χ4v) is 5.29. The SMILES string of the molecule is O=C(O)CCC(=O)N1N=C(c2c(-c3ccccc3)c3cc(Cl)ccc3[nH]c2=O)C[C@H]1c1cccc(Cl)c1Cl. The van der Waals surface area contributed by atoms with Crippen molar-refractivity contribution in [3.8, 4) is 11.1 Å². The van der Waals surface area contributed by atoms with Gasteiger partial charge in [-0.3, -0.25) is 14.4 Å². The lowest BCUT2D eigenvalue weighted by Gasteiger charge is -2.23. The summed E-state index contributed by atoms with van der Waals surface area (Å²) in [5.74, 6) is -1.61. The summed E-state index contributed by atoms with van der Waals surface area (Å²) >= 11 is 19.1. The van der Waals surface area contributed by atoms with Crippen LogP contribution in [0.25, 0.3) is 22.0 Å². The lowest BCUT2D eigenvalue weighted by molar-refractivity contribution is -0.141. The summed E-state index contributed by atoms with van der Waals surface area (Å²) in [5.41, 5.74) is 2.82. The molecule has 1 amide bonds. The van der Waals surface area contributed by atoms with Crippen molar-refractivity contribution in [2.45, 2.75) is 25.3 Å². The highest BCUT2D eigenvalue weighted by atomic mass is 35.5. The van der Waals surface area contributed by atoms with E-state index >= 15 is 0 Å². The minimum absolute atomic E-state index is 0.161. The summed E-state index contributed by atoms with van der Waals surface area (Å²) in [7, 11) is 0. The number of benzene rings is 3. The first-order chi connectivity index (χ1) is 18.2. The molecule has 5 rings (SSSR count). The van der Waals surface area contributed by atoms with Gasteiger partial charge in [0.05, 0.1) is 33.8 Å². The largest absolute Gasteiger partial charge is 0.481 e. The van der Waals surface area contributed by atoms with E-state index in [9.17, 15) is 14.4 Å². The molecule has 0 saturated heterocycles. The molecule has 192 valence electrons. The molecule has 0 spiro atoms. The van der Waals surface area contributed by atoms with Crippen LogP contribution >= 0.6 is 34.8 Å². The molecule has 4 aromatic rings. The molecule has 7 nitrogen and oxygen atoms in total. The molecule has 1 aromatic heterocycles. The lowest BCUT2D eigenvalue weighted by atomic mass is 9.91. The normalized spacial score (nSPS) is 15.1. The van der Waals surface area contributed by atoms with E-state index in [4.69, 9.17) is 39.9 Å². The van der Waals surface area contributed by atoms with Crippen LogP contribution < -0.4 is 5.56 Å². The van der Waals surface area contributed by atoms with Crippen LogP contribution in [0, 0.1) is 0 Å². The van der Waals surface area contributed by atoms with Gasteiger partial charge in [0.1, 0.15) is 0 Å².